The van der Waals surface area contributed by atoms with Crippen molar-refractivity contribution < 1.29 is 22.6 Å². The topological polar surface area (TPSA) is 18.5 Å². The summed E-state index contributed by atoms with van der Waals surface area (Å²) < 4.78 is 45.8. The lowest BCUT2D eigenvalue weighted by atomic mass is 10.1. The minimum atomic E-state index is -4.27. The Morgan fingerprint density at radius 2 is 1.75 bits per heavy atom. The van der Waals surface area contributed by atoms with Crippen LogP contribution in [0.5, 0.6) is 5.75 Å². The quantitative estimate of drug-likeness (QED) is 0.513. The molecular formula is C14H18BrF3O2. The molecule has 0 amide bonds. The Kier molecular flexibility index (Phi) is 6.82. The van der Waals surface area contributed by atoms with Gasteiger partial charge in [0.05, 0.1) is 6.10 Å². The third kappa shape index (κ3) is 7.14. The van der Waals surface area contributed by atoms with Crippen LogP contribution in [0.25, 0.3) is 0 Å². The summed E-state index contributed by atoms with van der Waals surface area (Å²) in [6, 6.07) is 7.47. The van der Waals surface area contributed by atoms with E-state index in [4.69, 9.17) is 4.74 Å². The van der Waals surface area contributed by atoms with Gasteiger partial charge in [-0.2, -0.15) is 13.2 Å². The Morgan fingerprint density at radius 1 is 1.15 bits per heavy atom. The maximum atomic E-state index is 11.9. The van der Waals surface area contributed by atoms with Gasteiger partial charge in [0.15, 0.2) is 0 Å². The number of benzene rings is 1. The Morgan fingerprint density at radius 3 is 2.25 bits per heavy atom. The first kappa shape index (κ1) is 17.3. The molecular weight excluding hydrogens is 337 g/mol. The van der Waals surface area contributed by atoms with Gasteiger partial charge < -0.3 is 9.47 Å². The van der Waals surface area contributed by atoms with Crippen LogP contribution in [-0.4, -0.2) is 25.5 Å². The highest BCUT2D eigenvalue weighted by Crippen LogP contribution is 2.28. The van der Waals surface area contributed by atoms with E-state index in [1.165, 1.54) is 0 Å². The van der Waals surface area contributed by atoms with Gasteiger partial charge in [-0.25, -0.2) is 0 Å². The Hall–Kier alpha value is -0.750. The fraction of sp³-hybridized carbons (Fsp3) is 0.571. The predicted molar refractivity (Wildman–Crippen MR) is 75.4 cm³/mol. The van der Waals surface area contributed by atoms with Gasteiger partial charge in [-0.15, -0.1) is 0 Å². The van der Waals surface area contributed by atoms with Gasteiger partial charge >= 0.3 is 6.18 Å². The first-order valence-corrected chi connectivity index (χ1v) is 7.24. The molecule has 0 N–H and O–H groups in total. The van der Waals surface area contributed by atoms with E-state index in [0.717, 1.165) is 11.3 Å². The van der Waals surface area contributed by atoms with Crippen molar-refractivity contribution >= 4 is 15.9 Å². The number of rotatable bonds is 7. The summed E-state index contributed by atoms with van der Waals surface area (Å²) in [5.41, 5.74) is 0.983. The highest BCUT2D eigenvalue weighted by Gasteiger charge is 2.27. The first-order valence-electron chi connectivity index (χ1n) is 6.33. The second kappa shape index (κ2) is 7.88. The number of hydrogen-bond acceptors (Lipinski definition) is 2. The molecule has 1 atom stereocenters. The van der Waals surface area contributed by atoms with E-state index in [9.17, 15) is 13.2 Å². The number of ether oxygens (including phenoxy) is 2. The fourth-order valence-corrected chi connectivity index (χ4v) is 2.06. The lowest BCUT2D eigenvalue weighted by molar-refractivity contribution is -0.174. The van der Waals surface area contributed by atoms with E-state index in [1.807, 2.05) is 38.1 Å². The zero-order chi connectivity index (χ0) is 15.2. The first-order chi connectivity index (χ1) is 9.28. The zero-order valence-electron chi connectivity index (χ0n) is 11.4. The highest BCUT2D eigenvalue weighted by atomic mass is 79.9. The van der Waals surface area contributed by atoms with Crippen LogP contribution in [-0.2, 0) is 4.74 Å². The van der Waals surface area contributed by atoms with Gasteiger partial charge in [-0.1, -0.05) is 28.1 Å². The summed E-state index contributed by atoms with van der Waals surface area (Å²) in [5.74, 6) is 0.775. The lowest BCUT2D eigenvalue weighted by Crippen LogP contribution is -2.17. The molecule has 1 rings (SSSR count). The minimum absolute atomic E-state index is 0.0381. The molecule has 2 nitrogen and oxygen atoms in total. The summed E-state index contributed by atoms with van der Waals surface area (Å²) in [5, 5.41) is 0. The monoisotopic (exact) mass is 354 g/mol. The maximum Gasteiger partial charge on any atom is 0.411 e. The molecule has 6 heteroatoms. The summed E-state index contributed by atoms with van der Waals surface area (Å²) >= 11 is 3.44. The number of alkyl halides is 4. The van der Waals surface area contributed by atoms with E-state index in [0.29, 0.717) is 6.42 Å². The van der Waals surface area contributed by atoms with E-state index in [2.05, 4.69) is 20.7 Å². The Bertz CT molecular complexity index is 390. The number of halogens is 4. The SMILES string of the molecule is CC(C)Oc1ccc(C(Br)CCOCC(F)(F)F)cc1. The fourth-order valence-electron chi connectivity index (χ4n) is 1.57. The normalized spacial score (nSPS) is 13.6. The van der Waals surface area contributed by atoms with E-state index < -0.39 is 12.8 Å². The number of hydrogen-bond donors (Lipinski definition) is 0. The molecule has 0 aliphatic carbocycles. The zero-order valence-corrected chi connectivity index (χ0v) is 13.0. The molecule has 1 aromatic carbocycles. The second-order valence-corrected chi connectivity index (χ2v) is 5.76. The van der Waals surface area contributed by atoms with Gasteiger partial charge in [0.2, 0.25) is 0 Å². The van der Waals surface area contributed by atoms with Crippen LogP contribution in [0, 0.1) is 0 Å². The predicted octanol–water partition coefficient (Wildman–Crippen LogP) is 4.88. The molecule has 0 saturated carbocycles. The van der Waals surface area contributed by atoms with Crippen LogP contribution < -0.4 is 4.74 Å². The molecule has 0 bridgehead atoms. The van der Waals surface area contributed by atoms with Gasteiger partial charge in [0.25, 0.3) is 0 Å². The smallest absolute Gasteiger partial charge is 0.411 e. The van der Waals surface area contributed by atoms with Crippen LogP contribution in [0.15, 0.2) is 24.3 Å². The van der Waals surface area contributed by atoms with Crippen LogP contribution >= 0.6 is 15.9 Å². The summed E-state index contributed by atoms with van der Waals surface area (Å²) in [4.78, 5) is -0.0381. The van der Waals surface area contributed by atoms with Gasteiger partial charge in [0, 0.05) is 11.4 Å². The van der Waals surface area contributed by atoms with Crippen molar-refractivity contribution in [3.63, 3.8) is 0 Å². The maximum absolute atomic E-state index is 11.9. The molecule has 0 aliphatic rings. The van der Waals surface area contributed by atoms with Crippen molar-refractivity contribution in [3.05, 3.63) is 29.8 Å². The average Bonchev–Trinajstić information content (AvgIpc) is 2.33. The molecule has 0 spiro atoms. The molecule has 0 aliphatic heterocycles. The molecule has 1 aromatic rings. The molecule has 0 heterocycles. The van der Waals surface area contributed by atoms with Crippen molar-refractivity contribution in [2.75, 3.05) is 13.2 Å². The highest BCUT2D eigenvalue weighted by molar-refractivity contribution is 9.09. The van der Waals surface area contributed by atoms with Crippen molar-refractivity contribution in [1.29, 1.82) is 0 Å². The van der Waals surface area contributed by atoms with Crippen LogP contribution in [0.1, 0.15) is 30.7 Å². The standard InChI is InChI=1S/C14H18BrF3O2/c1-10(2)20-12-5-3-11(4-6-12)13(15)7-8-19-9-14(16,17)18/h3-6,10,13H,7-9H2,1-2H3. The second-order valence-electron chi connectivity index (χ2n) is 4.66. The summed E-state index contributed by atoms with van der Waals surface area (Å²) in [7, 11) is 0. The van der Waals surface area contributed by atoms with E-state index >= 15 is 0 Å². The third-order valence-corrected chi connectivity index (χ3v) is 3.38. The molecule has 1 unspecified atom stereocenters. The molecule has 20 heavy (non-hydrogen) atoms. The van der Waals surface area contributed by atoms with E-state index in [1.54, 1.807) is 0 Å². The van der Waals surface area contributed by atoms with Crippen LogP contribution in [0.4, 0.5) is 13.2 Å². The molecule has 0 fully saturated rings. The van der Waals surface area contributed by atoms with Gasteiger partial charge in [-0.05, 0) is 38.0 Å². The molecule has 0 saturated heterocycles. The van der Waals surface area contributed by atoms with Crippen LogP contribution in [0.2, 0.25) is 0 Å². The van der Waals surface area contributed by atoms with Crippen molar-refractivity contribution in [3.8, 4) is 5.75 Å². The Labute approximate surface area is 125 Å². The van der Waals surface area contributed by atoms with Crippen LogP contribution in [0.3, 0.4) is 0 Å². The van der Waals surface area contributed by atoms with Crippen molar-refractivity contribution in [2.24, 2.45) is 0 Å². The van der Waals surface area contributed by atoms with Crippen molar-refractivity contribution in [1.82, 2.24) is 0 Å². The molecule has 0 radical (unpaired) electrons. The van der Waals surface area contributed by atoms with Crippen molar-refractivity contribution in [2.45, 2.75) is 37.4 Å². The van der Waals surface area contributed by atoms with E-state index in [-0.39, 0.29) is 17.5 Å². The van der Waals surface area contributed by atoms with Gasteiger partial charge in [0.1, 0.15) is 12.4 Å². The Balaban J connectivity index is 2.38. The molecule has 114 valence electrons. The average molecular weight is 355 g/mol. The van der Waals surface area contributed by atoms with Gasteiger partial charge in [-0.3, -0.25) is 0 Å². The minimum Gasteiger partial charge on any atom is -0.491 e. The molecule has 0 aromatic heterocycles. The summed E-state index contributed by atoms with van der Waals surface area (Å²) in [6.07, 6.45) is -3.69. The summed E-state index contributed by atoms with van der Waals surface area (Å²) in [6.45, 7) is 2.74. The lowest BCUT2D eigenvalue weighted by Gasteiger charge is -2.13. The third-order valence-electron chi connectivity index (χ3n) is 2.39. The largest absolute Gasteiger partial charge is 0.491 e.